The quantitative estimate of drug-likeness (QED) is 0.894. The number of carbonyl (C=O) groups excluding carboxylic acids is 1. The van der Waals surface area contributed by atoms with E-state index in [0.29, 0.717) is 23.8 Å². The van der Waals surface area contributed by atoms with E-state index in [1.807, 2.05) is 12.1 Å². The SMILES string of the molecule is Cc1nc(C2(NC(=O)c3ccc(CN)cc3)CCCC2)no1.Cl. The van der Waals surface area contributed by atoms with Crippen LogP contribution in [0, 0.1) is 6.92 Å². The molecule has 1 saturated carbocycles. The highest BCUT2D eigenvalue weighted by molar-refractivity contribution is 5.94. The van der Waals surface area contributed by atoms with Gasteiger partial charge in [-0.3, -0.25) is 4.79 Å². The summed E-state index contributed by atoms with van der Waals surface area (Å²) in [6.07, 6.45) is 3.75. The van der Waals surface area contributed by atoms with E-state index in [1.54, 1.807) is 19.1 Å². The van der Waals surface area contributed by atoms with Gasteiger partial charge in [0.15, 0.2) is 5.82 Å². The molecule has 0 spiro atoms. The summed E-state index contributed by atoms with van der Waals surface area (Å²) in [5, 5.41) is 7.15. The molecule has 1 heterocycles. The van der Waals surface area contributed by atoms with Crippen molar-refractivity contribution in [2.24, 2.45) is 5.73 Å². The van der Waals surface area contributed by atoms with E-state index >= 15 is 0 Å². The van der Waals surface area contributed by atoms with E-state index in [2.05, 4.69) is 15.5 Å². The van der Waals surface area contributed by atoms with Gasteiger partial charge in [-0.1, -0.05) is 30.1 Å². The molecule has 0 unspecified atom stereocenters. The van der Waals surface area contributed by atoms with Crippen LogP contribution in [0.25, 0.3) is 0 Å². The maximum absolute atomic E-state index is 12.6. The second-order valence-corrected chi connectivity index (χ2v) is 5.78. The van der Waals surface area contributed by atoms with Gasteiger partial charge in [0.1, 0.15) is 5.54 Å². The molecule has 0 saturated heterocycles. The maximum atomic E-state index is 12.6. The average molecular weight is 337 g/mol. The van der Waals surface area contributed by atoms with Gasteiger partial charge in [0, 0.05) is 19.0 Å². The number of nitrogens with two attached hydrogens (primary N) is 1. The van der Waals surface area contributed by atoms with Gasteiger partial charge in [0.2, 0.25) is 5.89 Å². The lowest BCUT2D eigenvalue weighted by Gasteiger charge is -2.26. The Hall–Kier alpha value is -1.92. The van der Waals surface area contributed by atoms with Crippen molar-refractivity contribution in [3.8, 4) is 0 Å². The van der Waals surface area contributed by atoms with Gasteiger partial charge in [-0.15, -0.1) is 12.4 Å². The molecule has 7 heteroatoms. The summed E-state index contributed by atoms with van der Waals surface area (Å²) >= 11 is 0. The molecule has 1 aliphatic rings. The molecule has 0 bridgehead atoms. The molecule has 2 aromatic rings. The fourth-order valence-corrected chi connectivity index (χ4v) is 2.96. The van der Waals surface area contributed by atoms with Gasteiger partial charge in [0.05, 0.1) is 0 Å². The summed E-state index contributed by atoms with van der Waals surface area (Å²) in [5.74, 6) is 0.977. The predicted octanol–water partition coefficient (Wildman–Crippen LogP) is 2.46. The molecule has 124 valence electrons. The Morgan fingerprint density at radius 1 is 1.30 bits per heavy atom. The van der Waals surface area contributed by atoms with Gasteiger partial charge >= 0.3 is 0 Å². The fourth-order valence-electron chi connectivity index (χ4n) is 2.96. The third-order valence-corrected chi connectivity index (χ3v) is 4.22. The lowest BCUT2D eigenvalue weighted by molar-refractivity contribution is 0.0892. The summed E-state index contributed by atoms with van der Waals surface area (Å²) in [7, 11) is 0. The van der Waals surface area contributed by atoms with Gasteiger partial charge in [-0.2, -0.15) is 4.98 Å². The average Bonchev–Trinajstić information content (AvgIpc) is 3.17. The molecule has 23 heavy (non-hydrogen) atoms. The van der Waals surface area contributed by atoms with E-state index in [0.717, 1.165) is 31.2 Å². The van der Waals surface area contributed by atoms with Crippen LogP contribution in [0.3, 0.4) is 0 Å². The zero-order valence-electron chi connectivity index (χ0n) is 13.0. The van der Waals surface area contributed by atoms with Crippen molar-refractivity contribution in [2.75, 3.05) is 0 Å². The molecule has 1 aliphatic carbocycles. The van der Waals surface area contributed by atoms with Gasteiger partial charge in [-0.25, -0.2) is 0 Å². The summed E-state index contributed by atoms with van der Waals surface area (Å²) in [6.45, 7) is 2.22. The van der Waals surface area contributed by atoms with Crippen molar-refractivity contribution in [3.05, 3.63) is 47.1 Å². The number of rotatable bonds is 4. The number of amides is 1. The number of hydrogen-bond acceptors (Lipinski definition) is 5. The van der Waals surface area contributed by atoms with Crippen LogP contribution in [-0.2, 0) is 12.1 Å². The number of nitrogens with one attached hydrogen (secondary N) is 1. The van der Waals surface area contributed by atoms with Crippen molar-refractivity contribution in [1.82, 2.24) is 15.5 Å². The molecule has 0 atom stereocenters. The molecule has 0 aliphatic heterocycles. The van der Waals surface area contributed by atoms with Crippen molar-refractivity contribution in [1.29, 1.82) is 0 Å². The first-order valence-electron chi connectivity index (χ1n) is 7.55. The minimum absolute atomic E-state index is 0. The van der Waals surface area contributed by atoms with Crippen LogP contribution >= 0.6 is 12.4 Å². The van der Waals surface area contributed by atoms with Crippen LogP contribution < -0.4 is 11.1 Å². The topological polar surface area (TPSA) is 94.0 Å². The predicted molar refractivity (Wildman–Crippen MR) is 88.2 cm³/mol. The summed E-state index contributed by atoms with van der Waals surface area (Å²) in [5.41, 5.74) is 6.68. The van der Waals surface area contributed by atoms with Gasteiger partial charge in [0.25, 0.3) is 5.91 Å². The summed E-state index contributed by atoms with van der Waals surface area (Å²) in [4.78, 5) is 16.9. The Balaban J connectivity index is 0.00000192. The third kappa shape index (κ3) is 3.54. The second kappa shape index (κ2) is 7.10. The first-order valence-corrected chi connectivity index (χ1v) is 7.55. The van der Waals surface area contributed by atoms with Crippen molar-refractivity contribution >= 4 is 18.3 Å². The lowest BCUT2D eigenvalue weighted by atomic mass is 9.95. The van der Waals surface area contributed by atoms with Gasteiger partial charge < -0.3 is 15.6 Å². The second-order valence-electron chi connectivity index (χ2n) is 5.78. The Bertz CT molecular complexity index is 663. The largest absolute Gasteiger partial charge is 0.340 e. The van der Waals surface area contributed by atoms with Crippen LogP contribution in [0.2, 0.25) is 0 Å². The number of nitrogens with zero attached hydrogens (tertiary/aromatic N) is 2. The molecule has 0 radical (unpaired) electrons. The Morgan fingerprint density at radius 2 is 1.96 bits per heavy atom. The summed E-state index contributed by atoms with van der Waals surface area (Å²) < 4.78 is 5.09. The first kappa shape index (κ1) is 17.4. The molecule has 1 fully saturated rings. The minimum Gasteiger partial charge on any atom is -0.340 e. The van der Waals surface area contributed by atoms with Crippen LogP contribution in [-0.4, -0.2) is 16.0 Å². The Morgan fingerprint density at radius 3 is 2.48 bits per heavy atom. The van der Waals surface area contributed by atoms with E-state index in [9.17, 15) is 4.79 Å². The number of aromatic nitrogens is 2. The molecule has 1 aromatic heterocycles. The van der Waals surface area contributed by atoms with Crippen molar-refractivity contribution in [3.63, 3.8) is 0 Å². The van der Waals surface area contributed by atoms with Crippen molar-refractivity contribution in [2.45, 2.75) is 44.7 Å². The zero-order chi connectivity index (χ0) is 15.6. The smallest absolute Gasteiger partial charge is 0.252 e. The van der Waals surface area contributed by atoms with Gasteiger partial charge in [-0.05, 0) is 30.5 Å². The minimum atomic E-state index is -0.513. The molecule has 3 N–H and O–H groups in total. The van der Waals surface area contributed by atoms with Crippen LogP contribution in [0.5, 0.6) is 0 Å². The third-order valence-electron chi connectivity index (χ3n) is 4.22. The van der Waals surface area contributed by atoms with Crippen LogP contribution in [0.1, 0.15) is 53.3 Å². The summed E-state index contributed by atoms with van der Waals surface area (Å²) in [6, 6.07) is 7.33. The molecule has 3 rings (SSSR count). The number of benzene rings is 1. The van der Waals surface area contributed by atoms with E-state index in [4.69, 9.17) is 10.3 Å². The van der Waals surface area contributed by atoms with Crippen LogP contribution in [0.15, 0.2) is 28.8 Å². The monoisotopic (exact) mass is 336 g/mol. The molecular weight excluding hydrogens is 316 g/mol. The van der Waals surface area contributed by atoms with Crippen LogP contribution in [0.4, 0.5) is 0 Å². The first-order chi connectivity index (χ1) is 10.6. The fraction of sp³-hybridized carbons (Fsp3) is 0.438. The highest BCUT2D eigenvalue weighted by atomic mass is 35.5. The molecular formula is C16H21ClN4O2. The number of halogens is 1. The van der Waals surface area contributed by atoms with Crippen molar-refractivity contribution < 1.29 is 9.32 Å². The normalized spacial score (nSPS) is 15.9. The maximum Gasteiger partial charge on any atom is 0.252 e. The van der Waals surface area contributed by atoms with E-state index in [-0.39, 0.29) is 18.3 Å². The molecule has 1 aromatic carbocycles. The highest BCUT2D eigenvalue weighted by Crippen LogP contribution is 2.37. The highest BCUT2D eigenvalue weighted by Gasteiger charge is 2.41. The zero-order valence-corrected chi connectivity index (χ0v) is 13.9. The molecule has 6 nitrogen and oxygen atoms in total. The standard InChI is InChI=1S/C16H20N4O2.ClH/c1-11-18-15(20-22-11)16(8-2-3-9-16)19-14(21)13-6-4-12(10-17)5-7-13;/h4-7H,2-3,8-10,17H2,1H3,(H,19,21);1H. The molecule has 1 amide bonds. The Kier molecular flexibility index (Phi) is 5.38. The number of carbonyl (C=O) groups is 1. The van der Waals surface area contributed by atoms with E-state index < -0.39 is 5.54 Å². The number of hydrogen-bond donors (Lipinski definition) is 2. The lowest BCUT2D eigenvalue weighted by Crippen LogP contribution is -2.44. The van der Waals surface area contributed by atoms with E-state index in [1.165, 1.54) is 0 Å². The Labute approximate surface area is 141 Å². The number of aryl methyl sites for hydroxylation is 1.